The van der Waals surface area contributed by atoms with Crippen molar-refractivity contribution in [3.63, 3.8) is 0 Å². The number of rotatable bonds is 0. The monoisotopic (exact) mass is 110 g/mol. The molecule has 0 amide bonds. The van der Waals surface area contributed by atoms with Gasteiger partial charge in [0.2, 0.25) is 0 Å². The van der Waals surface area contributed by atoms with Gasteiger partial charge in [0.05, 0.1) is 12.0 Å². The van der Waals surface area contributed by atoms with E-state index in [2.05, 4.69) is 11.4 Å². The summed E-state index contributed by atoms with van der Waals surface area (Å²) < 4.78 is 0. The van der Waals surface area contributed by atoms with Gasteiger partial charge in [0, 0.05) is 6.54 Å². The second-order valence-corrected chi connectivity index (χ2v) is 2.17. The van der Waals surface area contributed by atoms with Crippen molar-refractivity contribution in [2.45, 2.75) is 12.8 Å². The molecule has 2 nitrogen and oxygen atoms in total. The lowest BCUT2D eigenvalue weighted by molar-refractivity contribution is 0.446. The van der Waals surface area contributed by atoms with E-state index in [4.69, 9.17) is 5.26 Å². The average molecular weight is 110 g/mol. The molecule has 1 heterocycles. The average Bonchev–Trinajstić information content (AvgIpc) is 1.90. The smallest absolute Gasteiger partial charge is 0.0669 e. The van der Waals surface area contributed by atoms with Gasteiger partial charge in [0.25, 0.3) is 0 Å². The van der Waals surface area contributed by atoms with E-state index in [1.54, 1.807) is 0 Å². The summed E-state index contributed by atoms with van der Waals surface area (Å²) in [6.45, 7) is 1.99. The second-order valence-electron chi connectivity index (χ2n) is 2.17. The van der Waals surface area contributed by atoms with Crippen LogP contribution in [0.1, 0.15) is 12.8 Å². The van der Waals surface area contributed by atoms with Gasteiger partial charge < -0.3 is 5.32 Å². The first-order valence-electron chi connectivity index (χ1n) is 3.04. The summed E-state index contributed by atoms with van der Waals surface area (Å²) in [4.78, 5) is 0. The molecule has 1 rings (SSSR count). The predicted molar refractivity (Wildman–Crippen MR) is 31.2 cm³/mol. The van der Waals surface area contributed by atoms with E-state index >= 15 is 0 Å². The quantitative estimate of drug-likeness (QED) is 0.493. The lowest BCUT2D eigenvalue weighted by atomic mass is 10.0. The molecule has 0 radical (unpaired) electrons. The Hall–Kier alpha value is -0.550. The third kappa shape index (κ3) is 1.21. The second kappa shape index (κ2) is 2.68. The topological polar surface area (TPSA) is 35.8 Å². The standard InChI is InChI=1S/C6H10N2/c7-4-6-2-1-3-8-5-6/h6,8H,1-3,5H2/t6-/m1/s1. The largest absolute Gasteiger partial charge is 0.315 e. The molecule has 1 fully saturated rings. The first-order chi connectivity index (χ1) is 3.93. The van der Waals surface area contributed by atoms with Crippen LogP contribution in [0.25, 0.3) is 0 Å². The molecule has 44 valence electrons. The molecule has 0 bridgehead atoms. The molecule has 1 N–H and O–H groups in total. The Bertz CT molecular complexity index is 97.6. The van der Waals surface area contributed by atoms with Crippen LogP contribution in [-0.2, 0) is 0 Å². The van der Waals surface area contributed by atoms with Crippen molar-refractivity contribution in [3.05, 3.63) is 0 Å². The zero-order valence-electron chi connectivity index (χ0n) is 4.85. The number of nitrogens with zero attached hydrogens (tertiary/aromatic N) is 1. The molecular formula is C6H10N2. The maximum absolute atomic E-state index is 8.40. The van der Waals surface area contributed by atoms with Gasteiger partial charge in [0.15, 0.2) is 0 Å². The van der Waals surface area contributed by atoms with Crippen LogP contribution in [0, 0.1) is 17.2 Å². The van der Waals surface area contributed by atoms with Gasteiger partial charge in [-0.1, -0.05) is 0 Å². The number of piperidine rings is 1. The summed E-state index contributed by atoms with van der Waals surface area (Å²) in [5, 5.41) is 11.6. The molecule has 8 heavy (non-hydrogen) atoms. The van der Waals surface area contributed by atoms with Crippen LogP contribution in [0.4, 0.5) is 0 Å². The summed E-state index contributed by atoms with van der Waals surface area (Å²) in [5.41, 5.74) is 0. The van der Waals surface area contributed by atoms with Crippen LogP contribution >= 0.6 is 0 Å². The normalized spacial score (nSPS) is 29.1. The van der Waals surface area contributed by atoms with E-state index in [-0.39, 0.29) is 5.92 Å². The molecule has 0 aromatic rings. The Labute approximate surface area is 49.5 Å². The molecule has 0 spiro atoms. The molecule has 1 aliphatic rings. The Balaban J connectivity index is 2.25. The van der Waals surface area contributed by atoms with E-state index in [1.165, 1.54) is 0 Å². The van der Waals surface area contributed by atoms with Crippen LogP contribution in [-0.4, -0.2) is 13.1 Å². The van der Waals surface area contributed by atoms with E-state index in [0.717, 1.165) is 25.9 Å². The maximum atomic E-state index is 8.40. The van der Waals surface area contributed by atoms with Crippen molar-refractivity contribution in [1.82, 2.24) is 5.32 Å². The van der Waals surface area contributed by atoms with Gasteiger partial charge in [-0.25, -0.2) is 0 Å². The van der Waals surface area contributed by atoms with Crippen LogP contribution < -0.4 is 5.32 Å². The van der Waals surface area contributed by atoms with E-state index in [1.807, 2.05) is 0 Å². The molecule has 0 aromatic heterocycles. The van der Waals surface area contributed by atoms with Gasteiger partial charge in [-0.15, -0.1) is 0 Å². The molecule has 2 heteroatoms. The molecular weight excluding hydrogens is 100 g/mol. The lowest BCUT2D eigenvalue weighted by Gasteiger charge is -2.15. The van der Waals surface area contributed by atoms with Crippen molar-refractivity contribution in [1.29, 1.82) is 5.26 Å². The van der Waals surface area contributed by atoms with Gasteiger partial charge in [-0.3, -0.25) is 0 Å². The Morgan fingerprint density at radius 3 is 2.88 bits per heavy atom. The van der Waals surface area contributed by atoms with Crippen LogP contribution in [0.3, 0.4) is 0 Å². The molecule has 0 aliphatic carbocycles. The molecule has 0 unspecified atom stereocenters. The molecule has 0 aromatic carbocycles. The first-order valence-corrected chi connectivity index (χ1v) is 3.04. The maximum Gasteiger partial charge on any atom is 0.0669 e. The van der Waals surface area contributed by atoms with Crippen molar-refractivity contribution in [2.75, 3.05) is 13.1 Å². The summed E-state index contributed by atoms with van der Waals surface area (Å²) >= 11 is 0. The Kier molecular flexibility index (Phi) is 1.87. The van der Waals surface area contributed by atoms with Crippen molar-refractivity contribution in [2.24, 2.45) is 5.92 Å². The van der Waals surface area contributed by atoms with Crippen molar-refractivity contribution >= 4 is 0 Å². The fraction of sp³-hybridized carbons (Fsp3) is 0.833. The third-order valence-corrected chi connectivity index (χ3v) is 1.48. The summed E-state index contributed by atoms with van der Waals surface area (Å²) in [5.74, 6) is 0.281. The minimum atomic E-state index is 0.281. The minimum Gasteiger partial charge on any atom is -0.315 e. The lowest BCUT2D eigenvalue weighted by Crippen LogP contribution is -2.28. The molecule has 1 atom stereocenters. The van der Waals surface area contributed by atoms with E-state index in [9.17, 15) is 0 Å². The Morgan fingerprint density at radius 1 is 1.62 bits per heavy atom. The summed E-state index contributed by atoms with van der Waals surface area (Å²) in [7, 11) is 0. The van der Waals surface area contributed by atoms with E-state index in [0.29, 0.717) is 0 Å². The molecule has 1 aliphatic heterocycles. The van der Waals surface area contributed by atoms with Gasteiger partial charge in [-0.2, -0.15) is 5.26 Å². The highest BCUT2D eigenvalue weighted by molar-refractivity contribution is 4.86. The van der Waals surface area contributed by atoms with Crippen LogP contribution in [0.2, 0.25) is 0 Å². The highest BCUT2D eigenvalue weighted by Crippen LogP contribution is 2.06. The highest BCUT2D eigenvalue weighted by Gasteiger charge is 2.09. The Morgan fingerprint density at radius 2 is 2.50 bits per heavy atom. The fourth-order valence-electron chi connectivity index (χ4n) is 0.962. The van der Waals surface area contributed by atoms with Gasteiger partial charge in [-0.05, 0) is 19.4 Å². The van der Waals surface area contributed by atoms with Crippen LogP contribution in [0.5, 0.6) is 0 Å². The predicted octanol–water partition coefficient (Wildman–Crippen LogP) is 0.510. The van der Waals surface area contributed by atoms with E-state index < -0.39 is 0 Å². The van der Waals surface area contributed by atoms with Crippen LogP contribution in [0.15, 0.2) is 0 Å². The number of nitrogens with one attached hydrogen (secondary N) is 1. The van der Waals surface area contributed by atoms with Gasteiger partial charge in [0.1, 0.15) is 0 Å². The highest BCUT2D eigenvalue weighted by atomic mass is 14.9. The number of hydrogen-bond acceptors (Lipinski definition) is 2. The van der Waals surface area contributed by atoms with Crippen molar-refractivity contribution < 1.29 is 0 Å². The molecule has 1 saturated heterocycles. The minimum absolute atomic E-state index is 0.281. The zero-order valence-corrected chi connectivity index (χ0v) is 4.85. The molecule has 0 saturated carbocycles. The number of nitriles is 1. The fourth-order valence-corrected chi connectivity index (χ4v) is 0.962. The van der Waals surface area contributed by atoms with Gasteiger partial charge >= 0.3 is 0 Å². The number of hydrogen-bond donors (Lipinski definition) is 1. The summed E-state index contributed by atoms with van der Waals surface area (Å²) in [6, 6.07) is 2.24. The third-order valence-electron chi connectivity index (χ3n) is 1.48. The first kappa shape index (κ1) is 5.58. The summed E-state index contributed by atoms with van der Waals surface area (Å²) in [6.07, 6.45) is 2.25. The zero-order chi connectivity index (χ0) is 5.82. The SMILES string of the molecule is N#C[C@H]1CCCNC1. The van der Waals surface area contributed by atoms with Crippen molar-refractivity contribution in [3.8, 4) is 6.07 Å².